The van der Waals surface area contributed by atoms with Crippen LogP contribution in [0.25, 0.3) is 4.85 Å². The van der Waals surface area contributed by atoms with Gasteiger partial charge in [0.25, 0.3) is 0 Å². The number of carbonyl (C=O) groups is 1. The molecule has 0 unspecified atom stereocenters. The van der Waals surface area contributed by atoms with Gasteiger partial charge in [0.05, 0.1) is 25.9 Å². The molecule has 6 heteroatoms. The molecule has 0 aromatic carbocycles. The predicted molar refractivity (Wildman–Crippen MR) is 69.8 cm³/mol. The second-order valence-electron chi connectivity index (χ2n) is 5.38. The molecule has 1 saturated heterocycles. The molecule has 1 heterocycles. The van der Waals surface area contributed by atoms with E-state index in [1.807, 2.05) is 20.8 Å². The van der Waals surface area contributed by atoms with Gasteiger partial charge in [-0.15, -0.1) is 0 Å². The molecule has 1 aliphatic rings. The van der Waals surface area contributed by atoms with Crippen LogP contribution in [-0.4, -0.2) is 62.2 Å². The number of nitrogens with zero attached hydrogens (tertiary/aromatic N) is 2. The molecule has 0 spiro atoms. The maximum Gasteiger partial charge on any atom is 0.410 e. The van der Waals surface area contributed by atoms with Crippen molar-refractivity contribution in [3.8, 4) is 0 Å². The molecule has 19 heavy (non-hydrogen) atoms. The van der Waals surface area contributed by atoms with Gasteiger partial charge in [-0.3, -0.25) is 0 Å². The van der Waals surface area contributed by atoms with E-state index in [4.69, 9.17) is 20.8 Å². The van der Waals surface area contributed by atoms with Crippen LogP contribution in [0, 0.1) is 6.57 Å². The minimum absolute atomic E-state index is 0.146. The van der Waals surface area contributed by atoms with Gasteiger partial charge < -0.3 is 24.0 Å². The highest BCUT2D eigenvalue weighted by atomic mass is 16.6. The van der Waals surface area contributed by atoms with Gasteiger partial charge in [0.15, 0.2) is 0 Å². The van der Waals surface area contributed by atoms with E-state index in [9.17, 15) is 4.79 Å². The van der Waals surface area contributed by atoms with Gasteiger partial charge >= 0.3 is 6.09 Å². The third-order valence-electron chi connectivity index (χ3n) is 2.44. The molecule has 0 aromatic heterocycles. The van der Waals surface area contributed by atoms with E-state index >= 15 is 0 Å². The fourth-order valence-electron chi connectivity index (χ4n) is 1.64. The lowest BCUT2D eigenvalue weighted by Crippen LogP contribution is -2.48. The minimum atomic E-state index is -0.489. The van der Waals surface area contributed by atoms with Crippen molar-refractivity contribution >= 4 is 6.09 Å². The Morgan fingerprint density at radius 2 is 2.26 bits per heavy atom. The largest absolute Gasteiger partial charge is 0.444 e. The van der Waals surface area contributed by atoms with Crippen molar-refractivity contribution in [1.82, 2.24) is 4.90 Å². The molecule has 1 aliphatic heterocycles. The Kier molecular flexibility index (Phi) is 6.06. The van der Waals surface area contributed by atoms with Crippen molar-refractivity contribution in [2.24, 2.45) is 0 Å². The quantitative estimate of drug-likeness (QED) is 0.574. The number of hydrogen-bond donors (Lipinski definition) is 0. The Hall–Kier alpha value is -1.32. The van der Waals surface area contributed by atoms with Crippen LogP contribution in [0.5, 0.6) is 0 Å². The zero-order chi connectivity index (χ0) is 14.3. The van der Waals surface area contributed by atoms with Crippen molar-refractivity contribution in [3.63, 3.8) is 0 Å². The molecule has 0 radical (unpaired) electrons. The van der Waals surface area contributed by atoms with Gasteiger partial charge in [0.1, 0.15) is 12.2 Å². The first-order chi connectivity index (χ1) is 8.92. The Morgan fingerprint density at radius 1 is 1.53 bits per heavy atom. The van der Waals surface area contributed by atoms with Crippen molar-refractivity contribution in [2.45, 2.75) is 32.5 Å². The van der Waals surface area contributed by atoms with Gasteiger partial charge in [-0.2, -0.15) is 0 Å². The van der Waals surface area contributed by atoms with Crippen LogP contribution in [0.15, 0.2) is 0 Å². The molecule has 0 aliphatic carbocycles. The topological polar surface area (TPSA) is 52.4 Å². The summed E-state index contributed by atoms with van der Waals surface area (Å²) in [6.07, 6.45) is -0.464. The number of carbonyl (C=O) groups excluding carboxylic acids is 1. The summed E-state index contributed by atoms with van der Waals surface area (Å²) in [4.78, 5) is 16.7. The van der Waals surface area contributed by atoms with Gasteiger partial charge in [0.2, 0.25) is 6.54 Å². The zero-order valence-corrected chi connectivity index (χ0v) is 11.8. The molecular weight excluding hydrogens is 248 g/mol. The maximum absolute atomic E-state index is 11.9. The van der Waals surface area contributed by atoms with Crippen LogP contribution >= 0.6 is 0 Å². The van der Waals surface area contributed by atoms with Gasteiger partial charge in [-0.05, 0) is 20.8 Å². The van der Waals surface area contributed by atoms with E-state index in [0.717, 1.165) is 0 Å². The summed E-state index contributed by atoms with van der Waals surface area (Å²) in [5.74, 6) is 0. The van der Waals surface area contributed by atoms with E-state index in [1.165, 1.54) is 0 Å². The summed E-state index contributed by atoms with van der Waals surface area (Å²) >= 11 is 0. The fraction of sp³-hybridized carbons (Fsp3) is 0.846. The Labute approximate surface area is 114 Å². The van der Waals surface area contributed by atoms with Gasteiger partial charge in [-0.1, -0.05) is 0 Å². The maximum atomic E-state index is 11.9. The first-order valence-electron chi connectivity index (χ1n) is 6.43. The van der Waals surface area contributed by atoms with Crippen LogP contribution < -0.4 is 0 Å². The molecule has 0 N–H and O–H groups in total. The van der Waals surface area contributed by atoms with Gasteiger partial charge in [-0.25, -0.2) is 11.4 Å². The highest BCUT2D eigenvalue weighted by Gasteiger charge is 2.28. The lowest BCUT2D eigenvalue weighted by molar-refractivity contribution is -0.0712. The van der Waals surface area contributed by atoms with Crippen LogP contribution in [0.3, 0.4) is 0 Å². The minimum Gasteiger partial charge on any atom is -0.444 e. The monoisotopic (exact) mass is 270 g/mol. The van der Waals surface area contributed by atoms with E-state index in [0.29, 0.717) is 39.5 Å². The molecule has 6 nitrogen and oxygen atoms in total. The molecule has 0 aromatic rings. The SMILES string of the molecule is [C-]#[N+]CCOC[C@@H]1CN(C(=O)OC(C)(C)C)CCO1. The summed E-state index contributed by atoms with van der Waals surface area (Å²) in [5.41, 5.74) is -0.489. The average molecular weight is 270 g/mol. The third-order valence-corrected chi connectivity index (χ3v) is 2.44. The summed E-state index contributed by atoms with van der Waals surface area (Å²) in [6, 6.07) is 0. The number of hydrogen-bond acceptors (Lipinski definition) is 4. The Balaban J connectivity index is 2.33. The first-order valence-corrected chi connectivity index (χ1v) is 6.43. The fourth-order valence-corrected chi connectivity index (χ4v) is 1.64. The van der Waals surface area contributed by atoms with Crippen LogP contribution in [0.2, 0.25) is 0 Å². The van der Waals surface area contributed by atoms with Gasteiger partial charge in [0, 0.05) is 6.54 Å². The summed E-state index contributed by atoms with van der Waals surface area (Å²) in [7, 11) is 0. The second kappa shape index (κ2) is 7.31. The van der Waals surface area contributed by atoms with Crippen molar-refractivity contribution in [1.29, 1.82) is 0 Å². The van der Waals surface area contributed by atoms with Crippen LogP contribution in [0.4, 0.5) is 4.79 Å². The van der Waals surface area contributed by atoms with Crippen LogP contribution in [-0.2, 0) is 14.2 Å². The number of morpholine rings is 1. The highest BCUT2D eigenvalue weighted by molar-refractivity contribution is 5.68. The summed E-state index contributed by atoms with van der Waals surface area (Å²) in [5, 5.41) is 0. The molecular formula is C13H22N2O4. The molecule has 1 rings (SSSR count). The lowest BCUT2D eigenvalue weighted by atomic mass is 10.2. The molecule has 0 saturated carbocycles. The molecule has 1 fully saturated rings. The molecule has 108 valence electrons. The smallest absolute Gasteiger partial charge is 0.410 e. The average Bonchev–Trinajstić information content (AvgIpc) is 2.33. The summed E-state index contributed by atoms with van der Waals surface area (Å²) < 4.78 is 16.2. The Bertz CT molecular complexity index is 333. The van der Waals surface area contributed by atoms with E-state index in [1.54, 1.807) is 4.90 Å². The van der Waals surface area contributed by atoms with E-state index < -0.39 is 5.60 Å². The molecule has 1 amide bonds. The molecule has 0 bridgehead atoms. The summed E-state index contributed by atoms with van der Waals surface area (Å²) in [6.45, 7) is 14.8. The van der Waals surface area contributed by atoms with Crippen molar-refractivity contribution < 1.29 is 19.0 Å². The normalized spacial score (nSPS) is 19.9. The number of amides is 1. The number of ether oxygens (including phenoxy) is 3. The third kappa shape index (κ3) is 6.41. The van der Waals surface area contributed by atoms with Crippen molar-refractivity contribution in [3.05, 3.63) is 11.4 Å². The Morgan fingerprint density at radius 3 is 2.89 bits per heavy atom. The second-order valence-corrected chi connectivity index (χ2v) is 5.38. The van der Waals surface area contributed by atoms with Crippen LogP contribution in [0.1, 0.15) is 20.8 Å². The highest BCUT2D eigenvalue weighted by Crippen LogP contribution is 2.13. The van der Waals surface area contributed by atoms with E-state index in [-0.39, 0.29) is 12.2 Å². The standard InChI is InChI=1S/C13H22N2O4/c1-13(2,3)19-12(16)15-6-8-18-11(9-15)10-17-7-5-14-4/h11H,5-10H2,1-3H3/t11-/m0/s1. The number of rotatable bonds is 4. The lowest BCUT2D eigenvalue weighted by Gasteiger charge is -2.34. The first kappa shape index (κ1) is 15.7. The zero-order valence-electron chi connectivity index (χ0n) is 11.8. The van der Waals surface area contributed by atoms with Crippen molar-refractivity contribution in [2.75, 3.05) is 39.5 Å². The molecule has 1 atom stereocenters. The van der Waals surface area contributed by atoms with E-state index in [2.05, 4.69) is 4.85 Å². The predicted octanol–water partition coefficient (Wildman–Crippen LogP) is 1.56.